The minimum absolute atomic E-state index is 0.207. The number of esters is 1. The molecule has 0 amide bonds. The number of imidazole rings is 1. The number of aryl methyl sites for hydroxylation is 1. The number of carbonyl (C=O) groups excluding carboxylic acids is 1. The molecule has 5 nitrogen and oxygen atoms in total. The van der Waals surface area contributed by atoms with Crippen LogP contribution in [0.2, 0.25) is 0 Å². The lowest BCUT2D eigenvalue weighted by atomic mass is 9.98. The van der Waals surface area contributed by atoms with Crippen molar-refractivity contribution in [3.05, 3.63) is 17.7 Å². The van der Waals surface area contributed by atoms with Gasteiger partial charge in [-0.3, -0.25) is 9.69 Å². The molecule has 1 fully saturated rings. The lowest BCUT2D eigenvalue weighted by molar-refractivity contribution is -0.142. The first kappa shape index (κ1) is 15.3. The molecule has 0 N–H and O–H groups in total. The van der Waals surface area contributed by atoms with Crippen LogP contribution in [0.3, 0.4) is 0 Å². The SMILES string of the molecule is CN(C[C@@H]1CCc2nc(C(F)(F)F)cn2C1)[C@@H]1CCOC1=O. The van der Waals surface area contributed by atoms with Gasteiger partial charge in [-0.1, -0.05) is 0 Å². The van der Waals surface area contributed by atoms with E-state index >= 15 is 0 Å². The Balaban J connectivity index is 1.64. The van der Waals surface area contributed by atoms with Crippen molar-refractivity contribution in [2.45, 2.75) is 38.0 Å². The lowest BCUT2D eigenvalue weighted by Crippen LogP contribution is -2.40. The standard InChI is InChI=1S/C14H18F3N3O2/c1-19(10-4-5-22-13(10)21)6-9-2-3-12-18-11(14(15,16)17)8-20(12)7-9/h8-10H,2-7H2,1H3/t9-,10+/m0/s1. The number of carbonyl (C=O) groups is 1. The van der Waals surface area contributed by atoms with Crippen molar-refractivity contribution in [3.8, 4) is 0 Å². The first-order valence-electron chi connectivity index (χ1n) is 7.34. The van der Waals surface area contributed by atoms with Gasteiger partial charge >= 0.3 is 12.1 Å². The molecule has 0 saturated carbocycles. The van der Waals surface area contributed by atoms with Crippen LogP contribution in [0.5, 0.6) is 0 Å². The fourth-order valence-electron chi connectivity index (χ4n) is 3.22. The Morgan fingerprint density at radius 1 is 1.45 bits per heavy atom. The number of likely N-dealkylation sites (N-methyl/N-ethyl adjacent to an activating group) is 1. The van der Waals surface area contributed by atoms with E-state index in [1.54, 1.807) is 4.57 Å². The van der Waals surface area contributed by atoms with Crippen molar-refractivity contribution in [1.29, 1.82) is 0 Å². The number of halogens is 3. The number of nitrogens with zero attached hydrogens (tertiary/aromatic N) is 3. The summed E-state index contributed by atoms with van der Waals surface area (Å²) in [5, 5.41) is 0. The summed E-state index contributed by atoms with van der Waals surface area (Å²) in [4.78, 5) is 17.2. The van der Waals surface area contributed by atoms with E-state index in [9.17, 15) is 18.0 Å². The monoisotopic (exact) mass is 317 g/mol. The highest BCUT2D eigenvalue weighted by Gasteiger charge is 2.36. The van der Waals surface area contributed by atoms with Crippen molar-refractivity contribution in [1.82, 2.24) is 14.5 Å². The smallest absolute Gasteiger partial charge is 0.434 e. The van der Waals surface area contributed by atoms with E-state index in [2.05, 4.69) is 4.98 Å². The molecule has 0 aromatic carbocycles. The van der Waals surface area contributed by atoms with Gasteiger partial charge in [0.05, 0.1) is 6.61 Å². The van der Waals surface area contributed by atoms with Crippen molar-refractivity contribution < 1.29 is 22.7 Å². The van der Waals surface area contributed by atoms with Crippen LogP contribution >= 0.6 is 0 Å². The van der Waals surface area contributed by atoms with Crippen LogP contribution in [0.4, 0.5) is 13.2 Å². The maximum Gasteiger partial charge on any atom is 0.434 e. The molecule has 122 valence electrons. The molecule has 3 rings (SSSR count). The fourth-order valence-corrected chi connectivity index (χ4v) is 3.22. The molecule has 1 aromatic heterocycles. The van der Waals surface area contributed by atoms with Gasteiger partial charge in [0, 0.05) is 32.1 Å². The molecular weight excluding hydrogens is 299 g/mol. The number of hydrogen-bond acceptors (Lipinski definition) is 4. The Morgan fingerprint density at radius 3 is 2.86 bits per heavy atom. The summed E-state index contributed by atoms with van der Waals surface area (Å²) < 4.78 is 44.6. The second kappa shape index (κ2) is 5.57. The van der Waals surface area contributed by atoms with Crippen LogP contribution < -0.4 is 0 Å². The third kappa shape index (κ3) is 2.97. The molecule has 1 saturated heterocycles. The summed E-state index contributed by atoms with van der Waals surface area (Å²) in [5.74, 6) is 0.494. The van der Waals surface area contributed by atoms with E-state index in [0.717, 1.165) is 12.6 Å². The third-order valence-electron chi connectivity index (χ3n) is 4.37. The van der Waals surface area contributed by atoms with E-state index in [4.69, 9.17) is 4.74 Å². The predicted molar refractivity (Wildman–Crippen MR) is 71.0 cm³/mol. The van der Waals surface area contributed by atoms with Crippen LogP contribution in [-0.4, -0.2) is 46.7 Å². The minimum atomic E-state index is -4.40. The normalized spacial score (nSPS) is 25.4. The van der Waals surface area contributed by atoms with Gasteiger partial charge < -0.3 is 9.30 Å². The van der Waals surface area contributed by atoms with E-state index in [1.807, 2.05) is 11.9 Å². The summed E-state index contributed by atoms with van der Waals surface area (Å²) in [6, 6.07) is -0.227. The molecule has 2 aliphatic rings. The quantitative estimate of drug-likeness (QED) is 0.796. The highest BCUT2D eigenvalue weighted by molar-refractivity contribution is 5.77. The predicted octanol–water partition coefficient (Wildman–Crippen LogP) is 1.71. The van der Waals surface area contributed by atoms with Crippen molar-refractivity contribution >= 4 is 5.97 Å². The van der Waals surface area contributed by atoms with Crippen LogP contribution in [-0.2, 0) is 28.7 Å². The number of fused-ring (bicyclic) bond motifs is 1. The molecule has 2 atom stereocenters. The van der Waals surface area contributed by atoms with Gasteiger partial charge in [0.15, 0.2) is 5.69 Å². The Hall–Kier alpha value is -1.57. The van der Waals surface area contributed by atoms with E-state index < -0.39 is 11.9 Å². The van der Waals surface area contributed by atoms with Gasteiger partial charge in [-0.2, -0.15) is 13.2 Å². The number of ether oxygens (including phenoxy) is 1. The second-order valence-electron chi connectivity index (χ2n) is 6.01. The average molecular weight is 317 g/mol. The van der Waals surface area contributed by atoms with Crippen LogP contribution in [0.1, 0.15) is 24.4 Å². The van der Waals surface area contributed by atoms with E-state index in [1.165, 1.54) is 0 Å². The first-order valence-corrected chi connectivity index (χ1v) is 7.34. The largest absolute Gasteiger partial charge is 0.464 e. The molecule has 0 radical (unpaired) electrons. The highest BCUT2D eigenvalue weighted by atomic mass is 19.4. The second-order valence-corrected chi connectivity index (χ2v) is 6.01. The number of alkyl halides is 3. The van der Waals surface area contributed by atoms with Gasteiger partial charge in [-0.25, -0.2) is 4.98 Å². The molecular formula is C14H18F3N3O2. The number of cyclic esters (lactones) is 1. The number of aromatic nitrogens is 2. The summed E-state index contributed by atoms with van der Waals surface area (Å²) in [6.07, 6.45) is -1.32. The van der Waals surface area contributed by atoms with Crippen molar-refractivity contribution in [3.63, 3.8) is 0 Å². The topological polar surface area (TPSA) is 47.4 Å². The molecule has 1 aromatic rings. The van der Waals surface area contributed by atoms with Crippen molar-refractivity contribution in [2.24, 2.45) is 5.92 Å². The molecule has 0 aliphatic carbocycles. The maximum absolute atomic E-state index is 12.7. The molecule has 0 unspecified atom stereocenters. The summed E-state index contributed by atoms with van der Waals surface area (Å²) in [5.41, 5.74) is -0.823. The molecule has 0 bridgehead atoms. The zero-order valence-electron chi connectivity index (χ0n) is 12.3. The average Bonchev–Trinajstić information content (AvgIpc) is 3.03. The molecule has 22 heavy (non-hydrogen) atoms. The van der Waals surface area contributed by atoms with Gasteiger partial charge in [-0.05, 0) is 19.4 Å². The summed E-state index contributed by atoms with van der Waals surface area (Å²) in [6.45, 7) is 1.61. The Labute approximate surface area is 126 Å². The van der Waals surface area contributed by atoms with Crippen LogP contribution in [0.15, 0.2) is 6.20 Å². The fraction of sp³-hybridized carbons (Fsp3) is 0.714. The zero-order valence-corrected chi connectivity index (χ0v) is 12.3. The minimum Gasteiger partial charge on any atom is -0.464 e. The van der Waals surface area contributed by atoms with Gasteiger partial charge in [-0.15, -0.1) is 0 Å². The van der Waals surface area contributed by atoms with E-state index in [-0.39, 0.29) is 17.9 Å². The Kier molecular flexibility index (Phi) is 3.88. The Morgan fingerprint density at radius 2 is 2.23 bits per heavy atom. The van der Waals surface area contributed by atoms with E-state index in [0.29, 0.717) is 38.4 Å². The van der Waals surface area contributed by atoms with Gasteiger partial charge in [0.1, 0.15) is 11.9 Å². The number of rotatable bonds is 3. The highest BCUT2D eigenvalue weighted by Crippen LogP contribution is 2.31. The zero-order chi connectivity index (χ0) is 15.9. The van der Waals surface area contributed by atoms with Crippen molar-refractivity contribution in [2.75, 3.05) is 20.2 Å². The van der Waals surface area contributed by atoms with Crippen LogP contribution in [0.25, 0.3) is 0 Å². The van der Waals surface area contributed by atoms with Crippen LogP contribution in [0, 0.1) is 5.92 Å². The van der Waals surface area contributed by atoms with Gasteiger partial charge in [0.25, 0.3) is 0 Å². The lowest BCUT2D eigenvalue weighted by Gasteiger charge is -2.29. The maximum atomic E-state index is 12.7. The van der Waals surface area contributed by atoms with Gasteiger partial charge in [0.2, 0.25) is 0 Å². The summed E-state index contributed by atoms with van der Waals surface area (Å²) in [7, 11) is 1.86. The molecule has 0 spiro atoms. The Bertz CT molecular complexity index is 570. The first-order chi connectivity index (χ1) is 10.3. The molecule has 8 heteroatoms. The molecule has 3 heterocycles. The summed E-state index contributed by atoms with van der Waals surface area (Å²) >= 11 is 0. The number of hydrogen-bond donors (Lipinski definition) is 0. The third-order valence-corrected chi connectivity index (χ3v) is 4.37. The molecule has 2 aliphatic heterocycles.